The minimum absolute atomic E-state index is 0. The third kappa shape index (κ3) is 6.62. The fourth-order valence-corrected chi connectivity index (χ4v) is 2.57. The highest BCUT2D eigenvalue weighted by Crippen LogP contribution is 2.30. The number of rotatable bonds is 6. The van der Waals surface area contributed by atoms with E-state index in [1.165, 1.54) is 13.2 Å². The van der Waals surface area contributed by atoms with Crippen LogP contribution in [0.3, 0.4) is 0 Å². The molecule has 1 atom stereocenters. The minimum Gasteiger partial charge on any atom is -0.493 e. The zero-order valence-corrected chi connectivity index (χ0v) is 14.7. The molecule has 1 saturated heterocycles. The Hall–Kier alpha value is -1.67. The Morgan fingerprint density at radius 1 is 1.36 bits per heavy atom. The van der Waals surface area contributed by atoms with Crippen molar-refractivity contribution < 1.29 is 27.4 Å². The maximum Gasteiger partial charge on any atom is 0.422 e. The number of benzene rings is 1. The number of halogens is 4. The molecule has 25 heavy (non-hydrogen) atoms. The van der Waals surface area contributed by atoms with E-state index in [9.17, 15) is 18.0 Å². The van der Waals surface area contributed by atoms with Crippen molar-refractivity contribution in [3.63, 3.8) is 0 Å². The lowest BCUT2D eigenvalue weighted by molar-refractivity contribution is -0.153. The van der Waals surface area contributed by atoms with Crippen LogP contribution < -0.4 is 15.2 Å². The van der Waals surface area contributed by atoms with Crippen LogP contribution in [-0.4, -0.2) is 49.8 Å². The third-order valence-electron chi connectivity index (χ3n) is 3.82. The van der Waals surface area contributed by atoms with Crippen LogP contribution in [0.5, 0.6) is 11.5 Å². The van der Waals surface area contributed by atoms with E-state index in [0.717, 1.165) is 12.0 Å². The van der Waals surface area contributed by atoms with Gasteiger partial charge in [-0.25, -0.2) is 0 Å². The molecule has 9 heteroatoms. The van der Waals surface area contributed by atoms with E-state index in [0.29, 0.717) is 25.9 Å². The predicted octanol–water partition coefficient (Wildman–Crippen LogP) is 2.55. The van der Waals surface area contributed by atoms with E-state index in [-0.39, 0.29) is 35.9 Å². The molecule has 1 aromatic rings. The van der Waals surface area contributed by atoms with Crippen molar-refractivity contribution in [1.29, 1.82) is 0 Å². The molecule has 2 N–H and O–H groups in total. The van der Waals surface area contributed by atoms with Crippen molar-refractivity contribution in [2.75, 3.05) is 26.8 Å². The lowest BCUT2D eigenvalue weighted by atomic mass is 10.1. The van der Waals surface area contributed by atoms with Gasteiger partial charge in [0, 0.05) is 25.6 Å². The predicted molar refractivity (Wildman–Crippen MR) is 89.3 cm³/mol. The smallest absolute Gasteiger partial charge is 0.422 e. The Kier molecular flexibility index (Phi) is 7.82. The van der Waals surface area contributed by atoms with Crippen molar-refractivity contribution in [3.05, 3.63) is 23.8 Å². The fourth-order valence-electron chi connectivity index (χ4n) is 2.57. The van der Waals surface area contributed by atoms with Crippen LogP contribution in [0.1, 0.15) is 18.4 Å². The zero-order chi connectivity index (χ0) is 17.7. The van der Waals surface area contributed by atoms with Crippen LogP contribution in [0, 0.1) is 0 Å². The standard InChI is InChI=1S/C16H21F3N2O3.ClH/c1-23-14-8-11(2-4-13(14)24-10-16(17,18)19)3-5-15(22)21-7-6-12(20)9-21;/h2,4,8,12H,3,5-7,9-10,20H2,1H3;1H/t12-;/m1./s1. The van der Waals surface area contributed by atoms with Crippen LogP contribution >= 0.6 is 12.4 Å². The zero-order valence-electron chi connectivity index (χ0n) is 13.8. The summed E-state index contributed by atoms with van der Waals surface area (Å²) in [5, 5.41) is 0. The number of carbonyl (C=O) groups excluding carboxylic acids is 1. The summed E-state index contributed by atoms with van der Waals surface area (Å²) in [7, 11) is 1.36. The van der Waals surface area contributed by atoms with Crippen molar-refractivity contribution >= 4 is 18.3 Å². The second kappa shape index (κ2) is 9.15. The number of hydrogen-bond donors (Lipinski definition) is 1. The van der Waals surface area contributed by atoms with Crippen LogP contribution in [0.4, 0.5) is 13.2 Å². The topological polar surface area (TPSA) is 64.8 Å². The Bertz CT molecular complexity index is 584. The Balaban J connectivity index is 0.00000312. The molecule has 1 aliphatic rings. The number of nitrogens with two attached hydrogens (primary N) is 1. The number of ether oxygens (including phenoxy) is 2. The molecule has 1 heterocycles. The van der Waals surface area contributed by atoms with E-state index in [1.54, 1.807) is 17.0 Å². The fraction of sp³-hybridized carbons (Fsp3) is 0.562. The van der Waals surface area contributed by atoms with Crippen LogP contribution in [-0.2, 0) is 11.2 Å². The maximum atomic E-state index is 12.2. The number of hydrogen-bond acceptors (Lipinski definition) is 4. The molecule has 142 valence electrons. The summed E-state index contributed by atoms with van der Waals surface area (Å²) in [5.74, 6) is 0.266. The van der Waals surface area contributed by atoms with Gasteiger partial charge >= 0.3 is 6.18 Å². The van der Waals surface area contributed by atoms with Gasteiger partial charge in [-0.3, -0.25) is 4.79 Å². The Morgan fingerprint density at radius 2 is 2.08 bits per heavy atom. The average molecular weight is 383 g/mol. The van der Waals surface area contributed by atoms with E-state index in [2.05, 4.69) is 0 Å². The summed E-state index contributed by atoms with van der Waals surface area (Å²) in [6.07, 6.45) is -2.81. The SMILES string of the molecule is COc1cc(CCC(=O)N2CC[C@@H](N)C2)ccc1OCC(F)(F)F.Cl. The molecule has 0 unspecified atom stereocenters. The van der Waals surface area contributed by atoms with Crippen molar-refractivity contribution in [1.82, 2.24) is 4.90 Å². The molecule has 0 bridgehead atoms. The molecule has 2 rings (SSSR count). The molecular weight excluding hydrogens is 361 g/mol. The normalized spacial score (nSPS) is 17.2. The number of methoxy groups -OCH3 is 1. The number of amides is 1. The van der Waals surface area contributed by atoms with Gasteiger partial charge in [-0.15, -0.1) is 12.4 Å². The molecule has 1 amide bonds. The first-order valence-corrected chi connectivity index (χ1v) is 7.68. The lowest BCUT2D eigenvalue weighted by Gasteiger charge is -2.16. The van der Waals surface area contributed by atoms with Gasteiger partial charge in [-0.1, -0.05) is 6.07 Å². The van der Waals surface area contributed by atoms with Gasteiger partial charge in [0.2, 0.25) is 5.91 Å². The Morgan fingerprint density at radius 3 is 2.64 bits per heavy atom. The molecule has 5 nitrogen and oxygen atoms in total. The molecule has 0 spiro atoms. The second-order valence-corrected chi connectivity index (χ2v) is 5.78. The molecule has 0 saturated carbocycles. The van der Waals surface area contributed by atoms with E-state index in [4.69, 9.17) is 15.2 Å². The quantitative estimate of drug-likeness (QED) is 0.821. The number of nitrogens with zero attached hydrogens (tertiary/aromatic N) is 1. The summed E-state index contributed by atoms with van der Waals surface area (Å²) in [6.45, 7) is -0.129. The summed E-state index contributed by atoms with van der Waals surface area (Å²) in [5.41, 5.74) is 6.57. The molecule has 0 aromatic heterocycles. The van der Waals surface area contributed by atoms with Crippen LogP contribution in [0.25, 0.3) is 0 Å². The summed E-state index contributed by atoms with van der Waals surface area (Å²) >= 11 is 0. The first-order chi connectivity index (χ1) is 11.3. The average Bonchev–Trinajstić information content (AvgIpc) is 2.96. The number of aryl methyl sites for hydroxylation is 1. The second-order valence-electron chi connectivity index (χ2n) is 5.78. The number of carbonyl (C=O) groups is 1. The van der Waals surface area contributed by atoms with Crippen LogP contribution in [0.15, 0.2) is 18.2 Å². The highest BCUT2D eigenvalue weighted by Gasteiger charge is 2.29. The van der Waals surface area contributed by atoms with Gasteiger partial charge in [-0.05, 0) is 30.5 Å². The third-order valence-corrected chi connectivity index (χ3v) is 3.82. The minimum atomic E-state index is -4.41. The highest BCUT2D eigenvalue weighted by atomic mass is 35.5. The van der Waals surface area contributed by atoms with Crippen molar-refractivity contribution in [2.45, 2.75) is 31.5 Å². The summed E-state index contributed by atoms with van der Waals surface area (Å²) in [4.78, 5) is 13.8. The molecular formula is C16H22ClF3N2O3. The van der Waals surface area contributed by atoms with Gasteiger partial charge in [0.25, 0.3) is 0 Å². The first kappa shape index (κ1) is 21.4. The van der Waals surface area contributed by atoms with Crippen molar-refractivity contribution in [3.8, 4) is 11.5 Å². The molecule has 1 aliphatic heterocycles. The largest absolute Gasteiger partial charge is 0.493 e. The molecule has 1 aromatic carbocycles. The van der Waals surface area contributed by atoms with E-state index >= 15 is 0 Å². The van der Waals surface area contributed by atoms with Gasteiger partial charge in [-0.2, -0.15) is 13.2 Å². The monoisotopic (exact) mass is 382 g/mol. The molecule has 0 radical (unpaired) electrons. The number of alkyl halides is 3. The maximum absolute atomic E-state index is 12.2. The van der Waals surface area contributed by atoms with E-state index < -0.39 is 12.8 Å². The highest BCUT2D eigenvalue weighted by molar-refractivity contribution is 5.85. The van der Waals surface area contributed by atoms with Crippen LogP contribution in [0.2, 0.25) is 0 Å². The number of likely N-dealkylation sites (tertiary alicyclic amines) is 1. The first-order valence-electron chi connectivity index (χ1n) is 7.68. The van der Waals surface area contributed by atoms with Gasteiger partial charge < -0.3 is 20.1 Å². The van der Waals surface area contributed by atoms with Crippen molar-refractivity contribution in [2.24, 2.45) is 5.73 Å². The molecule has 1 fully saturated rings. The molecule has 0 aliphatic carbocycles. The summed E-state index contributed by atoms with van der Waals surface area (Å²) < 4.78 is 46.5. The van der Waals surface area contributed by atoms with Gasteiger partial charge in [0.1, 0.15) is 0 Å². The van der Waals surface area contributed by atoms with Gasteiger partial charge in [0.15, 0.2) is 18.1 Å². The lowest BCUT2D eigenvalue weighted by Crippen LogP contribution is -2.31. The summed E-state index contributed by atoms with van der Waals surface area (Å²) in [6, 6.07) is 4.70. The Labute approximate surface area is 150 Å². The van der Waals surface area contributed by atoms with E-state index in [1.807, 2.05) is 0 Å². The van der Waals surface area contributed by atoms with Gasteiger partial charge in [0.05, 0.1) is 7.11 Å².